The third-order valence-electron chi connectivity index (χ3n) is 7.54. The molecule has 0 saturated heterocycles. The van der Waals surface area contributed by atoms with Crippen LogP contribution in [-0.2, 0) is 16.8 Å². The van der Waals surface area contributed by atoms with Crippen LogP contribution in [0.2, 0.25) is 0 Å². The molecule has 0 aliphatic heterocycles. The Morgan fingerprint density at radius 2 is 1.72 bits per heavy atom. The van der Waals surface area contributed by atoms with Gasteiger partial charge in [0.25, 0.3) is 5.56 Å². The first-order chi connectivity index (χ1) is 15.3. The van der Waals surface area contributed by atoms with E-state index >= 15 is 0 Å². The van der Waals surface area contributed by atoms with Gasteiger partial charge in [0.2, 0.25) is 0 Å². The van der Waals surface area contributed by atoms with Crippen molar-refractivity contribution in [3.05, 3.63) is 50.9 Å². The van der Waals surface area contributed by atoms with E-state index in [0.717, 1.165) is 0 Å². The molecule has 168 valence electrons. The number of fused-ring (bicyclic) bond motifs is 4. The van der Waals surface area contributed by atoms with Crippen molar-refractivity contribution in [3.63, 3.8) is 0 Å². The van der Waals surface area contributed by atoms with E-state index in [0.29, 0.717) is 56.5 Å². The van der Waals surface area contributed by atoms with Crippen LogP contribution >= 0.6 is 0 Å². The number of rotatable bonds is 5. The largest absolute Gasteiger partial charge is 0.508 e. The SMILES string of the molecule is CCCn1c(=O)c2[nH]c(C34CCC(C(=O)O)(CC3)CC4)nc2n(-c2ccc(O)cc2)c1=O. The molecule has 0 atom stereocenters. The van der Waals surface area contributed by atoms with Crippen LogP contribution in [0.1, 0.15) is 57.7 Å². The molecule has 1 aromatic carbocycles. The van der Waals surface area contributed by atoms with Gasteiger partial charge in [0.05, 0.1) is 11.1 Å². The van der Waals surface area contributed by atoms with Gasteiger partial charge in [-0.2, -0.15) is 0 Å². The van der Waals surface area contributed by atoms with Gasteiger partial charge in [0, 0.05) is 12.0 Å². The number of nitrogens with one attached hydrogen (secondary N) is 1. The number of benzene rings is 1. The van der Waals surface area contributed by atoms with Crippen LogP contribution in [0.3, 0.4) is 0 Å². The monoisotopic (exact) mass is 438 g/mol. The highest BCUT2D eigenvalue weighted by molar-refractivity contribution is 5.76. The Hall–Kier alpha value is -3.36. The number of aromatic nitrogens is 4. The van der Waals surface area contributed by atoms with Crippen molar-refractivity contribution in [2.75, 3.05) is 0 Å². The fourth-order valence-corrected chi connectivity index (χ4v) is 5.48. The van der Waals surface area contributed by atoms with Gasteiger partial charge in [-0.1, -0.05) is 6.92 Å². The van der Waals surface area contributed by atoms with Gasteiger partial charge in [-0.15, -0.1) is 0 Å². The number of carboxylic acids is 1. The minimum atomic E-state index is -0.723. The van der Waals surface area contributed by atoms with Crippen LogP contribution in [0.25, 0.3) is 16.9 Å². The molecule has 3 aliphatic carbocycles. The number of aromatic hydroxyl groups is 1. The number of carbonyl (C=O) groups is 1. The number of aliphatic carboxylic acids is 1. The predicted octanol–water partition coefficient (Wildman–Crippen LogP) is 2.67. The van der Waals surface area contributed by atoms with Crippen LogP contribution in [0.5, 0.6) is 5.75 Å². The number of hydrogen-bond donors (Lipinski definition) is 3. The lowest BCUT2D eigenvalue weighted by Gasteiger charge is -2.50. The summed E-state index contributed by atoms with van der Waals surface area (Å²) in [4.78, 5) is 46.3. The maximum absolute atomic E-state index is 13.3. The molecule has 2 bridgehead atoms. The van der Waals surface area contributed by atoms with Crippen molar-refractivity contribution < 1.29 is 15.0 Å². The lowest BCUT2D eigenvalue weighted by Crippen LogP contribution is -2.48. The number of nitrogens with zero attached hydrogens (tertiary/aromatic N) is 3. The van der Waals surface area contributed by atoms with Crippen molar-refractivity contribution in [3.8, 4) is 11.4 Å². The molecule has 2 aromatic heterocycles. The number of phenols is 1. The molecule has 2 heterocycles. The topological polar surface area (TPSA) is 130 Å². The van der Waals surface area contributed by atoms with E-state index < -0.39 is 22.6 Å². The maximum Gasteiger partial charge on any atom is 0.337 e. The quantitative estimate of drug-likeness (QED) is 0.561. The highest BCUT2D eigenvalue weighted by atomic mass is 16.4. The number of hydrogen-bond acceptors (Lipinski definition) is 5. The molecule has 3 aliphatic rings. The molecular formula is C23H26N4O5. The Balaban J connectivity index is 1.70. The zero-order chi connectivity index (χ0) is 22.7. The van der Waals surface area contributed by atoms with Crippen LogP contribution in [0.4, 0.5) is 0 Å². The Morgan fingerprint density at radius 1 is 1.09 bits per heavy atom. The van der Waals surface area contributed by atoms with Gasteiger partial charge in [-0.3, -0.25) is 14.2 Å². The third-order valence-corrected chi connectivity index (χ3v) is 7.54. The van der Waals surface area contributed by atoms with Crippen molar-refractivity contribution in [1.29, 1.82) is 0 Å². The van der Waals surface area contributed by atoms with Gasteiger partial charge < -0.3 is 15.2 Å². The molecule has 3 aromatic rings. The van der Waals surface area contributed by atoms with Crippen LogP contribution in [0.15, 0.2) is 33.9 Å². The first-order valence-corrected chi connectivity index (χ1v) is 11.1. The zero-order valence-electron chi connectivity index (χ0n) is 17.9. The molecule has 32 heavy (non-hydrogen) atoms. The molecule has 0 spiro atoms. The fourth-order valence-electron chi connectivity index (χ4n) is 5.48. The van der Waals surface area contributed by atoms with E-state index in [1.54, 1.807) is 12.1 Å². The molecule has 3 N–H and O–H groups in total. The predicted molar refractivity (Wildman–Crippen MR) is 117 cm³/mol. The summed E-state index contributed by atoms with van der Waals surface area (Å²) in [6, 6.07) is 6.21. The Morgan fingerprint density at radius 3 is 2.28 bits per heavy atom. The summed E-state index contributed by atoms with van der Waals surface area (Å²) in [6.07, 6.45) is 4.44. The molecule has 0 unspecified atom stereocenters. The van der Waals surface area contributed by atoms with Gasteiger partial charge in [-0.05, 0) is 69.2 Å². The Labute approximate surface area is 183 Å². The molecular weight excluding hydrogens is 412 g/mol. The molecule has 0 amide bonds. The second-order valence-electron chi connectivity index (χ2n) is 9.24. The van der Waals surface area contributed by atoms with E-state index in [9.17, 15) is 24.6 Å². The normalized spacial score (nSPS) is 24.8. The summed E-state index contributed by atoms with van der Waals surface area (Å²) in [6.45, 7) is 2.18. The molecule has 9 heteroatoms. The second kappa shape index (κ2) is 7.08. The van der Waals surface area contributed by atoms with Gasteiger partial charge >= 0.3 is 11.7 Å². The highest BCUT2D eigenvalue weighted by Crippen LogP contribution is 2.57. The van der Waals surface area contributed by atoms with Crippen molar-refractivity contribution >= 4 is 17.1 Å². The molecule has 3 saturated carbocycles. The van der Waals surface area contributed by atoms with E-state index in [-0.39, 0.29) is 28.9 Å². The summed E-state index contributed by atoms with van der Waals surface area (Å²) in [5, 5.41) is 19.4. The fraction of sp³-hybridized carbons (Fsp3) is 0.478. The van der Waals surface area contributed by atoms with Gasteiger partial charge in [-0.25, -0.2) is 14.3 Å². The first-order valence-electron chi connectivity index (χ1n) is 11.1. The van der Waals surface area contributed by atoms with Crippen LogP contribution in [-0.4, -0.2) is 35.3 Å². The summed E-state index contributed by atoms with van der Waals surface area (Å²) >= 11 is 0. The molecule has 0 radical (unpaired) electrons. The number of imidazole rings is 1. The first kappa shape index (κ1) is 20.5. The van der Waals surface area contributed by atoms with Crippen molar-refractivity contribution in [1.82, 2.24) is 19.1 Å². The van der Waals surface area contributed by atoms with E-state index in [1.807, 2.05) is 6.92 Å². The van der Waals surface area contributed by atoms with Crippen LogP contribution < -0.4 is 11.2 Å². The number of phenolic OH excluding ortho intramolecular Hbond substituents is 1. The number of aromatic amines is 1. The van der Waals surface area contributed by atoms with E-state index in [4.69, 9.17) is 4.98 Å². The summed E-state index contributed by atoms with van der Waals surface area (Å²) < 4.78 is 2.63. The van der Waals surface area contributed by atoms with Gasteiger partial charge in [0.1, 0.15) is 11.6 Å². The average molecular weight is 438 g/mol. The zero-order valence-corrected chi connectivity index (χ0v) is 17.9. The second-order valence-corrected chi connectivity index (χ2v) is 9.24. The third kappa shape index (κ3) is 2.83. The summed E-state index contributed by atoms with van der Waals surface area (Å²) in [5.41, 5.74) is -0.773. The average Bonchev–Trinajstić information content (AvgIpc) is 3.25. The number of H-pyrrole nitrogens is 1. The Kier molecular flexibility index (Phi) is 4.54. The van der Waals surface area contributed by atoms with Crippen LogP contribution in [0, 0.1) is 5.41 Å². The summed E-state index contributed by atoms with van der Waals surface area (Å²) in [7, 11) is 0. The standard InChI is InChI=1S/C23H26N4O5/c1-2-13-26-18(29)16-17(27(21(26)32)14-3-5-15(28)6-4-14)25-19(24-16)22-7-10-23(11-8-22,12-9-22)20(30)31/h3-6,28H,2,7-13H2,1H3,(H,24,25)(H,30,31). The molecule has 6 rings (SSSR count). The van der Waals surface area contributed by atoms with Crippen molar-refractivity contribution in [2.24, 2.45) is 5.41 Å². The summed E-state index contributed by atoms with van der Waals surface area (Å²) in [5.74, 6) is 0.0105. The smallest absolute Gasteiger partial charge is 0.337 e. The van der Waals surface area contributed by atoms with E-state index in [2.05, 4.69) is 4.98 Å². The number of carboxylic acid groups (broad SMARTS) is 1. The van der Waals surface area contributed by atoms with Crippen molar-refractivity contribution in [2.45, 2.75) is 63.8 Å². The van der Waals surface area contributed by atoms with Gasteiger partial charge in [0.15, 0.2) is 11.2 Å². The maximum atomic E-state index is 13.3. The minimum Gasteiger partial charge on any atom is -0.508 e. The lowest BCUT2D eigenvalue weighted by molar-refractivity contribution is -0.156. The minimum absolute atomic E-state index is 0.0767. The lowest BCUT2D eigenvalue weighted by atomic mass is 9.53. The molecule has 9 nitrogen and oxygen atoms in total. The van der Waals surface area contributed by atoms with E-state index in [1.165, 1.54) is 21.3 Å². The Bertz CT molecular complexity index is 1310. The molecule has 3 fully saturated rings. The highest BCUT2D eigenvalue weighted by Gasteiger charge is 2.54.